The highest BCUT2D eigenvalue weighted by molar-refractivity contribution is 5.97. The van der Waals surface area contributed by atoms with Gasteiger partial charge in [0.15, 0.2) is 0 Å². The fourth-order valence-electron chi connectivity index (χ4n) is 3.09. The van der Waals surface area contributed by atoms with Gasteiger partial charge in [0.1, 0.15) is 0 Å². The highest BCUT2D eigenvalue weighted by Crippen LogP contribution is 2.33. The topological polar surface area (TPSA) is 72.9 Å². The molecule has 148 valence electrons. The predicted molar refractivity (Wildman–Crippen MR) is 101 cm³/mol. The summed E-state index contributed by atoms with van der Waals surface area (Å²) in [5.74, 6) is -1.39. The Kier molecular flexibility index (Phi) is 5.42. The Hall–Kier alpha value is -2.87. The molecule has 5 nitrogen and oxygen atoms in total. The van der Waals surface area contributed by atoms with E-state index in [1.165, 1.54) is 18.2 Å². The Balaban J connectivity index is 1.83. The van der Waals surface area contributed by atoms with E-state index in [2.05, 4.69) is 10.3 Å². The molecule has 0 saturated heterocycles. The van der Waals surface area contributed by atoms with Crippen molar-refractivity contribution >= 4 is 16.9 Å². The molecule has 0 saturated carbocycles. The van der Waals surface area contributed by atoms with Crippen LogP contribution in [0.5, 0.6) is 0 Å². The zero-order chi connectivity index (χ0) is 20.5. The molecule has 0 fully saturated rings. The van der Waals surface area contributed by atoms with Crippen LogP contribution in [0.25, 0.3) is 11.0 Å². The molecule has 0 spiro atoms. The Morgan fingerprint density at radius 2 is 1.86 bits per heavy atom. The van der Waals surface area contributed by atoms with Gasteiger partial charge in [0.05, 0.1) is 11.0 Å². The molecule has 3 rings (SSSR count). The third-order valence-electron chi connectivity index (χ3n) is 4.43. The SMILES string of the molecule is CC(C)n1c(C(F)(F)F)nc2cc(C(=O)NCC(N)c3ccccc3)ccc21. The molecule has 0 aliphatic rings. The van der Waals surface area contributed by atoms with E-state index in [0.29, 0.717) is 5.52 Å². The van der Waals surface area contributed by atoms with Crippen molar-refractivity contribution in [2.45, 2.75) is 32.1 Å². The second-order valence-corrected chi connectivity index (χ2v) is 6.83. The maximum absolute atomic E-state index is 13.3. The highest BCUT2D eigenvalue weighted by atomic mass is 19.4. The third-order valence-corrected chi connectivity index (χ3v) is 4.43. The monoisotopic (exact) mass is 390 g/mol. The van der Waals surface area contributed by atoms with Crippen LogP contribution < -0.4 is 11.1 Å². The van der Waals surface area contributed by atoms with Crippen LogP contribution in [0.2, 0.25) is 0 Å². The molecule has 3 N–H and O–H groups in total. The minimum absolute atomic E-state index is 0.126. The third kappa shape index (κ3) is 4.01. The Morgan fingerprint density at radius 1 is 1.18 bits per heavy atom. The number of nitrogens with zero attached hydrogens (tertiary/aromatic N) is 2. The van der Waals surface area contributed by atoms with Crippen LogP contribution >= 0.6 is 0 Å². The predicted octanol–water partition coefficient (Wildman–Crippen LogP) is 4.07. The molecular weight excluding hydrogens is 369 g/mol. The lowest BCUT2D eigenvalue weighted by Gasteiger charge is -2.15. The fourth-order valence-corrected chi connectivity index (χ4v) is 3.09. The first-order valence-electron chi connectivity index (χ1n) is 8.86. The summed E-state index contributed by atoms with van der Waals surface area (Å²) in [5, 5.41) is 2.72. The first-order chi connectivity index (χ1) is 13.2. The van der Waals surface area contributed by atoms with Crippen LogP contribution in [0.15, 0.2) is 48.5 Å². The maximum Gasteiger partial charge on any atom is 0.449 e. The molecular formula is C20H21F3N4O. The number of amides is 1. The summed E-state index contributed by atoms with van der Waals surface area (Å²) in [6, 6.07) is 12.8. The standard InChI is InChI=1S/C20H21F3N4O/c1-12(2)27-17-9-8-14(10-16(17)26-19(27)20(21,22)23)18(28)25-11-15(24)13-6-4-3-5-7-13/h3-10,12,15H,11,24H2,1-2H3,(H,25,28). The van der Waals surface area contributed by atoms with Gasteiger partial charge in [-0.05, 0) is 37.6 Å². The van der Waals surface area contributed by atoms with E-state index in [1.54, 1.807) is 13.8 Å². The molecule has 8 heteroatoms. The number of imidazole rings is 1. The zero-order valence-corrected chi connectivity index (χ0v) is 15.5. The number of hydrogen-bond donors (Lipinski definition) is 2. The molecule has 3 aromatic rings. The molecule has 0 bridgehead atoms. The first kappa shape index (κ1) is 19.9. The van der Waals surface area contributed by atoms with Gasteiger partial charge in [-0.1, -0.05) is 30.3 Å². The largest absolute Gasteiger partial charge is 0.449 e. The number of benzene rings is 2. The van der Waals surface area contributed by atoms with E-state index in [0.717, 1.165) is 10.1 Å². The lowest BCUT2D eigenvalue weighted by Crippen LogP contribution is -2.31. The molecule has 1 amide bonds. The average Bonchev–Trinajstić information content (AvgIpc) is 3.06. The molecule has 1 unspecified atom stereocenters. The number of carbonyl (C=O) groups excluding carboxylic acids is 1. The van der Waals surface area contributed by atoms with Crippen molar-refractivity contribution in [1.82, 2.24) is 14.9 Å². The lowest BCUT2D eigenvalue weighted by molar-refractivity contribution is -0.147. The molecule has 1 heterocycles. The summed E-state index contributed by atoms with van der Waals surface area (Å²) in [7, 11) is 0. The number of carbonyl (C=O) groups is 1. The van der Waals surface area contributed by atoms with E-state index < -0.39 is 23.9 Å². The van der Waals surface area contributed by atoms with Gasteiger partial charge in [0.25, 0.3) is 5.91 Å². The van der Waals surface area contributed by atoms with E-state index >= 15 is 0 Å². The number of nitrogens with one attached hydrogen (secondary N) is 1. The molecule has 0 radical (unpaired) electrons. The number of nitrogens with two attached hydrogens (primary N) is 1. The number of rotatable bonds is 5. The number of fused-ring (bicyclic) bond motifs is 1. The Morgan fingerprint density at radius 3 is 2.46 bits per heavy atom. The van der Waals surface area contributed by atoms with Crippen LogP contribution in [0.3, 0.4) is 0 Å². The van der Waals surface area contributed by atoms with Crippen LogP contribution in [0.1, 0.15) is 47.7 Å². The summed E-state index contributed by atoms with van der Waals surface area (Å²) in [4.78, 5) is 16.1. The molecule has 0 aliphatic carbocycles. The Labute approximate surface area is 160 Å². The summed E-state index contributed by atoms with van der Waals surface area (Å²) in [5.41, 5.74) is 7.63. The quantitative estimate of drug-likeness (QED) is 0.690. The van der Waals surface area contributed by atoms with Gasteiger partial charge in [-0.3, -0.25) is 4.79 Å². The van der Waals surface area contributed by atoms with Crippen LogP contribution in [-0.2, 0) is 6.18 Å². The summed E-state index contributed by atoms with van der Waals surface area (Å²) >= 11 is 0. The van der Waals surface area contributed by atoms with Crippen molar-refractivity contribution in [3.05, 3.63) is 65.5 Å². The van der Waals surface area contributed by atoms with E-state index in [1.807, 2.05) is 30.3 Å². The normalized spacial score (nSPS) is 13.1. The minimum Gasteiger partial charge on any atom is -0.350 e. The summed E-state index contributed by atoms with van der Waals surface area (Å²) in [6.07, 6.45) is -4.58. The van der Waals surface area contributed by atoms with Crippen molar-refractivity contribution < 1.29 is 18.0 Å². The average molecular weight is 390 g/mol. The lowest BCUT2D eigenvalue weighted by atomic mass is 10.1. The van der Waals surface area contributed by atoms with Gasteiger partial charge in [-0.15, -0.1) is 0 Å². The van der Waals surface area contributed by atoms with Crippen molar-refractivity contribution in [3.63, 3.8) is 0 Å². The highest BCUT2D eigenvalue weighted by Gasteiger charge is 2.38. The molecule has 1 atom stereocenters. The fraction of sp³-hybridized carbons (Fsp3) is 0.300. The van der Waals surface area contributed by atoms with Crippen LogP contribution in [0.4, 0.5) is 13.2 Å². The number of alkyl halides is 3. The number of aromatic nitrogens is 2. The first-order valence-corrected chi connectivity index (χ1v) is 8.86. The second kappa shape index (κ2) is 7.63. The van der Waals surface area contributed by atoms with Crippen molar-refractivity contribution in [2.75, 3.05) is 6.54 Å². The van der Waals surface area contributed by atoms with Crippen molar-refractivity contribution in [1.29, 1.82) is 0 Å². The van der Waals surface area contributed by atoms with Crippen molar-refractivity contribution in [2.24, 2.45) is 5.73 Å². The van der Waals surface area contributed by atoms with Gasteiger partial charge in [0, 0.05) is 24.2 Å². The number of halogens is 3. The molecule has 28 heavy (non-hydrogen) atoms. The Bertz CT molecular complexity index is 980. The van der Waals surface area contributed by atoms with E-state index in [4.69, 9.17) is 5.73 Å². The van der Waals surface area contributed by atoms with E-state index in [-0.39, 0.29) is 23.7 Å². The molecule has 2 aromatic carbocycles. The van der Waals surface area contributed by atoms with Gasteiger partial charge >= 0.3 is 6.18 Å². The maximum atomic E-state index is 13.3. The van der Waals surface area contributed by atoms with Crippen LogP contribution in [-0.4, -0.2) is 22.0 Å². The zero-order valence-electron chi connectivity index (χ0n) is 15.5. The van der Waals surface area contributed by atoms with Crippen molar-refractivity contribution in [3.8, 4) is 0 Å². The molecule has 1 aromatic heterocycles. The minimum atomic E-state index is -4.58. The summed E-state index contributed by atoms with van der Waals surface area (Å²) < 4.78 is 41.0. The van der Waals surface area contributed by atoms with Gasteiger partial charge < -0.3 is 15.6 Å². The van der Waals surface area contributed by atoms with E-state index in [9.17, 15) is 18.0 Å². The van der Waals surface area contributed by atoms with Gasteiger partial charge in [-0.2, -0.15) is 13.2 Å². The van der Waals surface area contributed by atoms with Crippen LogP contribution in [0, 0.1) is 0 Å². The second-order valence-electron chi connectivity index (χ2n) is 6.83. The smallest absolute Gasteiger partial charge is 0.350 e. The van der Waals surface area contributed by atoms with Gasteiger partial charge in [-0.25, -0.2) is 4.98 Å². The van der Waals surface area contributed by atoms with Gasteiger partial charge in [0.2, 0.25) is 5.82 Å². The number of hydrogen-bond acceptors (Lipinski definition) is 3. The summed E-state index contributed by atoms with van der Waals surface area (Å²) in [6.45, 7) is 3.51. The molecule has 0 aliphatic heterocycles.